The van der Waals surface area contributed by atoms with Crippen LogP contribution in [0, 0.1) is 0 Å². The number of hydrogen-bond acceptors (Lipinski definition) is 4. The lowest BCUT2D eigenvalue weighted by Crippen LogP contribution is -2.44. The summed E-state index contributed by atoms with van der Waals surface area (Å²) >= 11 is 0. The summed E-state index contributed by atoms with van der Waals surface area (Å²) in [5.41, 5.74) is 0.859. The number of hydrogen-bond donors (Lipinski definition) is 3. The number of alkyl halides is 3. The molecule has 0 saturated heterocycles. The van der Waals surface area contributed by atoms with Crippen molar-refractivity contribution in [2.75, 3.05) is 6.54 Å². The van der Waals surface area contributed by atoms with Gasteiger partial charge >= 0.3 is 6.18 Å². The van der Waals surface area contributed by atoms with E-state index in [1.165, 1.54) is 0 Å². The monoisotopic (exact) mass is 341 g/mol. The number of rotatable bonds is 4. The fraction of sp³-hybridized carbons (Fsp3) is 0.533. The minimum atomic E-state index is -4.19. The average Bonchev–Trinajstić information content (AvgIpc) is 3.02. The molecular weight excluding hydrogens is 323 g/mol. The van der Waals surface area contributed by atoms with Gasteiger partial charge in [0, 0.05) is 23.7 Å². The maximum Gasteiger partial charge on any atom is 0.401 e. The normalized spacial score (nSPS) is 21.8. The number of amides is 1. The predicted octanol–water partition coefficient (Wildman–Crippen LogP) is 2.15. The van der Waals surface area contributed by atoms with Gasteiger partial charge in [0.1, 0.15) is 0 Å². The molecule has 1 amide bonds. The van der Waals surface area contributed by atoms with Gasteiger partial charge in [0.15, 0.2) is 5.69 Å². The van der Waals surface area contributed by atoms with Crippen LogP contribution < -0.4 is 10.6 Å². The number of aromatic nitrogens is 3. The molecule has 0 bridgehead atoms. The van der Waals surface area contributed by atoms with Crippen molar-refractivity contribution in [2.24, 2.45) is 0 Å². The average molecular weight is 341 g/mol. The molecule has 1 aliphatic carbocycles. The predicted molar refractivity (Wildman–Crippen MR) is 81.5 cm³/mol. The van der Waals surface area contributed by atoms with Gasteiger partial charge in [0.25, 0.3) is 5.91 Å². The second kappa shape index (κ2) is 6.76. The largest absolute Gasteiger partial charge is 0.401 e. The van der Waals surface area contributed by atoms with Gasteiger partial charge in [-0.3, -0.25) is 9.89 Å². The van der Waals surface area contributed by atoms with Crippen molar-refractivity contribution in [3.8, 4) is 0 Å². The van der Waals surface area contributed by atoms with Gasteiger partial charge in [-0.2, -0.15) is 18.3 Å². The van der Waals surface area contributed by atoms with Crippen LogP contribution in [0.3, 0.4) is 0 Å². The van der Waals surface area contributed by atoms with Gasteiger partial charge in [-0.25, -0.2) is 4.98 Å². The van der Waals surface area contributed by atoms with E-state index in [4.69, 9.17) is 0 Å². The number of aromatic amines is 1. The lowest BCUT2D eigenvalue weighted by Gasteiger charge is -2.30. The summed E-state index contributed by atoms with van der Waals surface area (Å²) in [6.45, 7) is -0.972. The zero-order valence-electron chi connectivity index (χ0n) is 12.9. The number of carbonyl (C=O) groups is 1. The van der Waals surface area contributed by atoms with Crippen LogP contribution in [0.2, 0.25) is 0 Å². The Morgan fingerprint density at radius 1 is 1.25 bits per heavy atom. The Balaban J connectivity index is 1.53. The molecule has 24 heavy (non-hydrogen) atoms. The first-order valence-corrected chi connectivity index (χ1v) is 7.81. The summed E-state index contributed by atoms with van der Waals surface area (Å²) in [6, 6.07) is 1.54. The Morgan fingerprint density at radius 2 is 1.96 bits per heavy atom. The molecule has 0 spiro atoms. The van der Waals surface area contributed by atoms with E-state index in [1.54, 1.807) is 18.5 Å². The molecule has 3 rings (SSSR count). The van der Waals surface area contributed by atoms with Gasteiger partial charge in [-0.1, -0.05) is 0 Å². The maximum absolute atomic E-state index is 12.4. The van der Waals surface area contributed by atoms with Gasteiger partial charge in [-0.05, 0) is 31.7 Å². The minimum absolute atomic E-state index is 0.0542. The smallest absolute Gasteiger partial charge is 0.348 e. The highest BCUT2D eigenvalue weighted by atomic mass is 19.4. The van der Waals surface area contributed by atoms with Gasteiger partial charge in [0.2, 0.25) is 0 Å². The molecule has 6 nitrogen and oxygen atoms in total. The van der Waals surface area contributed by atoms with Crippen molar-refractivity contribution in [1.82, 2.24) is 25.8 Å². The van der Waals surface area contributed by atoms with Crippen LogP contribution in [-0.4, -0.2) is 45.9 Å². The summed E-state index contributed by atoms with van der Waals surface area (Å²) in [5, 5.41) is 12.9. The highest BCUT2D eigenvalue weighted by molar-refractivity contribution is 6.03. The number of carbonyl (C=O) groups excluding carboxylic acids is 1. The van der Waals surface area contributed by atoms with Gasteiger partial charge < -0.3 is 10.6 Å². The fourth-order valence-corrected chi connectivity index (χ4v) is 3.00. The Kier molecular flexibility index (Phi) is 4.70. The zero-order chi connectivity index (χ0) is 17.2. The van der Waals surface area contributed by atoms with Crippen molar-refractivity contribution in [1.29, 1.82) is 0 Å². The van der Waals surface area contributed by atoms with Gasteiger partial charge in [-0.15, -0.1) is 0 Å². The molecule has 2 heterocycles. The summed E-state index contributed by atoms with van der Waals surface area (Å²) in [5.74, 6) is -0.295. The molecular formula is C15H18F3N5O. The van der Waals surface area contributed by atoms with Crippen molar-refractivity contribution in [2.45, 2.75) is 43.9 Å². The molecule has 2 aromatic rings. The number of nitrogens with one attached hydrogen (secondary N) is 3. The van der Waals surface area contributed by atoms with E-state index >= 15 is 0 Å². The first kappa shape index (κ1) is 16.7. The first-order chi connectivity index (χ1) is 11.4. The first-order valence-electron chi connectivity index (χ1n) is 7.81. The molecule has 3 N–H and O–H groups in total. The number of halogens is 3. The standard InChI is InChI=1S/C15H18F3N5O/c16-15(17,18)8-20-10-1-3-11(4-2-10)22-14(24)13-12-9(5-6-19-13)7-21-23-12/h5-7,10-11,20H,1-4,8H2,(H,21,23)(H,22,24). The Bertz CT molecular complexity index is 706. The van der Waals surface area contributed by atoms with Crippen LogP contribution >= 0.6 is 0 Å². The third kappa shape index (κ3) is 4.02. The highest BCUT2D eigenvalue weighted by Gasteiger charge is 2.30. The van der Waals surface area contributed by atoms with Crippen molar-refractivity contribution in [3.05, 3.63) is 24.2 Å². The summed E-state index contributed by atoms with van der Waals surface area (Å²) in [4.78, 5) is 16.5. The second-order valence-electron chi connectivity index (χ2n) is 6.01. The minimum Gasteiger partial charge on any atom is -0.348 e. The lowest BCUT2D eigenvalue weighted by molar-refractivity contribution is -0.126. The quantitative estimate of drug-likeness (QED) is 0.796. The molecule has 1 aliphatic rings. The third-order valence-corrected chi connectivity index (χ3v) is 4.23. The van der Waals surface area contributed by atoms with Crippen LogP contribution in [0.15, 0.2) is 18.5 Å². The van der Waals surface area contributed by atoms with Crippen LogP contribution in [0.1, 0.15) is 36.2 Å². The topological polar surface area (TPSA) is 82.7 Å². The second-order valence-corrected chi connectivity index (χ2v) is 6.01. The Morgan fingerprint density at radius 3 is 2.67 bits per heavy atom. The molecule has 1 saturated carbocycles. The van der Waals surface area contributed by atoms with Crippen molar-refractivity contribution >= 4 is 16.8 Å². The van der Waals surface area contributed by atoms with Crippen molar-refractivity contribution < 1.29 is 18.0 Å². The lowest BCUT2D eigenvalue weighted by atomic mass is 9.91. The number of nitrogens with zero attached hydrogens (tertiary/aromatic N) is 2. The van der Waals surface area contributed by atoms with E-state index in [1.807, 2.05) is 0 Å². The highest BCUT2D eigenvalue weighted by Crippen LogP contribution is 2.21. The molecule has 9 heteroatoms. The van der Waals surface area contributed by atoms with Crippen LogP contribution in [0.5, 0.6) is 0 Å². The fourth-order valence-electron chi connectivity index (χ4n) is 3.00. The molecule has 130 valence electrons. The summed E-state index contributed by atoms with van der Waals surface area (Å²) < 4.78 is 36.6. The van der Waals surface area contributed by atoms with E-state index < -0.39 is 12.7 Å². The number of pyridine rings is 1. The molecule has 2 aromatic heterocycles. The Labute approximate surface area is 136 Å². The van der Waals surface area contributed by atoms with Gasteiger partial charge in [0.05, 0.1) is 18.3 Å². The number of fused-ring (bicyclic) bond motifs is 1. The molecule has 0 unspecified atom stereocenters. The number of H-pyrrole nitrogens is 1. The SMILES string of the molecule is O=C(NC1CCC(NCC(F)(F)F)CC1)c1nccc2cn[nH]c12. The zero-order valence-corrected chi connectivity index (χ0v) is 12.9. The molecule has 0 aromatic carbocycles. The molecule has 0 aliphatic heterocycles. The van der Waals surface area contributed by atoms with E-state index in [9.17, 15) is 18.0 Å². The molecule has 0 atom stereocenters. The van der Waals surface area contributed by atoms with E-state index in [-0.39, 0.29) is 23.7 Å². The van der Waals surface area contributed by atoms with Crippen LogP contribution in [-0.2, 0) is 0 Å². The molecule has 1 fully saturated rings. The van der Waals surface area contributed by atoms with Crippen LogP contribution in [0.25, 0.3) is 10.9 Å². The maximum atomic E-state index is 12.4. The van der Waals surface area contributed by atoms with E-state index in [0.717, 1.165) is 5.39 Å². The summed E-state index contributed by atoms with van der Waals surface area (Å²) in [6.07, 6.45) is 1.45. The van der Waals surface area contributed by atoms with Crippen LogP contribution in [0.4, 0.5) is 13.2 Å². The van der Waals surface area contributed by atoms with E-state index in [0.29, 0.717) is 31.2 Å². The van der Waals surface area contributed by atoms with Crippen molar-refractivity contribution in [3.63, 3.8) is 0 Å². The Hall–Kier alpha value is -2.16. The third-order valence-electron chi connectivity index (χ3n) is 4.23. The molecule has 0 radical (unpaired) electrons. The van der Waals surface area contributed by atoms with E-state index in [2.05, 4.69) is 25.8 Å². The summed E-state index contributed by atoms with van der Waals surface area (Å²) in [7, 11) is 0.